The van der Waals surface area contributed by atoms with Crippen molar-refractivity contribution in [2.24, 2.45) is 0 Å². The third-order valence-electron chi connectivity index (χ3n) is 2.01. The van der Waals surface area contributed by atoms with Gasteiger partial charge in [0.2, 0.25) is 0 Å². The fourth-order valence-electron chi connectivity index (χ4n) is 1.15. The van der Waals surface area contributed by atoms with Crippen LogP contribution in [0.4, 0.5) is 4.39 Å². The normalized spacial score (nSPS) is 10.1. The summed E-state index contributed by atoms with van der Waals surface area (Å²) in [4.78, 5) is 0. The maximum Gasteiger partial charge on any atom is 0.129 e. The Morgan fingerprint density at radius 3 is 2.87 bits per heavy atom. The highest BCUT2D eigenvalue weighted by Crippen LogP contribution is 2.16. The van der Waals surface area contributed by atoms with E-state index in [2.05, 4.69) is 11.9 Å². The van der Waals surface area contributed by atoms with Gasteiger partial charge in [-0.2, -0.15) is 0 Å². The van der Waals surface area contributed by atoms with Crippen LogP contribution >= 0.6 is 0 Å². The van der Waals surface area contributed by atoms with Crippen molar-refractivity contribution in [2.75, 3.05) is 20.2 Å². The molecule has 0 aliphatic rings. The molecule has 1 aromatic carbocycles. The van der Waals surface area contributed by atoms with Crippen LogP contribution in [0.25, 0.3) is 0 Å². The van der Waals surface area contributed by atoms with Crippen LogP contribution in [0, 0.1) is 12.7 Å². The molecule has 0 saturated heterocycles. The van der Waals surface area contributed by atoms with Gasteiger partial charge < -0.3 is 10.1 Å². The predicted octanol–water partition coefficient (Wildman–Crippen LogP) is 2.29. The average molecular weight is 209 g/mol. The van der Waals surface area contributed by atoms with Crippen LogP contribution in [0.2, 0.25) is 0 Å². The zero-order valence-electron chi connectivity index (χ0n) is 9.14. The highest BCUT2D eigenvalue weighted by molar-refractivity contribution is 5.28. The maximum atomic E-state index is 13.1. The lowest BCUT2D eigenvalue weighted by atomic mass is 10.2. The Labute approximate surface area is 89.8 Å². The largest absolute Gasteiger partial charge is 0.489 e. The number of rotatable bonds is 5. The minimum absolute atomic E-state index is 0.244. The smallest absolute Gasteiger partial charge is 0.129 e. The van der Waals surface area contributed by atoms with Crippen molar-refractivity contribution in [3.05, 3.63) is 41.7 Å². The summed E-state index contributed by atoms with van der Waals surface area (Å²) < 4.78 is 18.5. The Morgan fingerprint density at radius 1 is 1.53 bits per heavy atom. The summed E-state index contributed by atoms with van der Waals surface area (Å²) in [6, 6.07) is 4.85. The second-order valence-corrected chi connectivity index (χ2v) is 3.48. The maximum absolute atomic E-state index is 13.1. The molecule has 1 aromatic rings. The minimum Gasteiger partial charge on any atom is -0.489 e. The summed E-state index contributed by atoms with van der Waals surface area (Å²) in [5.41, 5.74) is 1.55. The molecule has 0 amide bonds. The van der Waals surface area contributed by atoms with Crippen LogP contribution in [0.3, 0.4) is 0 Å². The molecule has 0 radical (unpaired) electrons. The number of hydrogen-bond acceptors (Lipinski definition) is 2. The van der Waals surface area contributed by atoms with E-state index in [0.29, 0.717) is 24.5 Å². The van der Waals surface area contributed by atoms with Gasteiger partial charge in [-0.25, -0.2) is 4.39 Å². The van der Waals surface area contributed by atoms with E-state index in [1.54, 1.807) is 19.1 Å². The quantitative estimate of drug-likeness (QED) is 0.751. The number of benzene rings is 1. The average Bonchev–Trinajstić information content (AvgIpc) is 2.20. The van der Waals surface area contributed by atoms with Crippen LogP contribution in [-0.4, -0.2) is 20.2 Å². The highest BCUT2D eigenvalue weighted by Gasteiger charge is 2.00. The van der Waals surface area contributed by atoms with Crippen molar-refractivity contribution < 1.29 is 9.13 Å². The van der Waals surface area contributed by atoms with Crippen LogP contribution in [0.5, 0.6) is 5.75 Å². The van der Waals surface area contributed by atoms with Gasteiger partial charge in [0.1, 0.15) is 18.2 Å². The monoisotopic (exact) mass is 209 g/mol. The molecule has 0 aliphatic heterocycles. The molecule has 2 nitrogen and oxygen atoms in total. The van der Waals surface area contributed by atoms with E-state index >= 15 is 0 Å². The van der Waals surface area contributed by atoms with Gasteiger partial charge in [0.15, 0.2) is 0 Å². The molecule has 1 N–H and O–H groups in total. The van der Waals surface area contributed by atoms with Gasteiger partial charge in [0, 0.05) is 12.6 Å². The lowest BCUT2D eigenvalue weighted by Gasteiger charge is -2.08. The molecule has 15 heavy (non-hydrogen) atoms. The molecule has 0 bridgehead atoms. The van der Waals surface area contributed by atoms with Crippen molar-refractivity contribution in [2.45, 2.75) is 6.92 Å². The predicted molar refractivity (Wildman–Crippen MR) is 59.7 cm³/mol. The number of aryl methyl sites for hydroxylation is 1. The van der Waals surface area contributed by atoms with Gasteiger partial charge >= 0.3 is 0 Å². The summed E-state index contributed by atoms with van der Waals surface area (Å²) >= 11 is 0. The zero-order valence-corrected chi connectivity index (χ0v) is 9.14. The molecule has 1 rings (SSSR count). The molecular formula is C12H16FNO. The Bertz CT molecular complexity index is 349. The molecule has 0 saturated carbocycles. The number of ether oxygens (including phenoxy) is 1. The number of likely N-dealkylation sites (N-methyl/N-ethyl adjacent to an activating group) is 1. The summed E-state index contributed by atoms with van der Waals surface area (Å²) in [6.45, 7) is 6.65. The topological polar surface area (TPSA) is 21.3 Å². The Morgan fingerprint density at radius 2 is 2.27 bits per heavy atom. The molecule has 0 aliphatic carbocycles. The second kappa shape index (κ2) is 5.51. The van der Waals surface area contributed by atoms with E-state index in [0.717, 1.165) is 5.57 Å². The Balaban J connectivity index is 2.51. The number of hydrogen-bond donors (Lipinski definition) is 1. The molecule has 3 heteroatoms. The van der Waals surface area contributed by atoms with Crippen molar-refractivity contribution >= 4 is 0 Å². The third-order valence-corrected chi connectivity index (χ3v) is 2.01. The zero-order chi connectivity index (χ0) is 11.3. The molecule has 0 atom stereocenters. The fourth-order valence-corrected chi connectivity index (χ4v) is 1.15. The first-order valence-corrected chi connectivity index (χ1v) is 4.83. The summed E-state index contributed by atoms with van der Waals surface area (Å²) in [7, 11) is 1.84. The van der Waals surface area contributed by atoms with Crippen LogP contribution in [-0.2, 0) is 0 Å². The molecule has 0 aromatic heterocycles. The minimum atomic E-state index is -0.244. The first-order valence-electron chi connectivity index (χ1n) is 4.83. The molecular weight excluding hydrogens is 193 g/mol. The van der Waals surface area contributed by atoms with E-state index in [9.17, 15) is 4.39 Å². The van der Waals surface area contributed by atoms with E-state index < -0.39 is 0 Å². The molecule has 0 spiro atoms. The standard InChI is InChI=1S/C12H16FNO/c1-9(7-14-3)8-15-11-5-4-10(2)12(13)6-11/h4-6,14H,1,7-8H2,2-3H3. The van der Waals surface area contributed by atoms with Crippen LogP contribution in [0.1, 0.15) is 5.56 Å². The first-order chi connectivity index (χ1) is 7.13. The highest BCUT2D eigenvalue weighted by atomic mass is 19.1. The SMILES string of the molecule is C=C(CNC)COc1ccc(C)c(F)c1. The second-order valence-electron chi connectivity index (χ2n) is 3.48. The Hall–Kier alpha value is -1.35. The van der Waals surface area contributed by atoms with Gasteiger partial charge in [-0.3, -0.25) is 0 Å². The van der Waals surface area contributed by atoms with Crippen molar-refractivity contribution in [3.8, 4) is 5.75 Å². The van der Waals surface area contributed by atoms with Gasteiger partial charge in [0.25, 0.3) is 0 Å². The van der Waals surface area contributed by atoms with Gasteiger partial charge in [-0.05, 0) is 31.2 Å². The summed E-state index contributed by atoms with van der Waals surface area (Å²) in [5, 5.41) is 2.97. The third kappa shape index (κ3) is 3.72. The van der Waals surface area contributed by atoms with Crippen molar-refractivity contribution in [1.29, 1.82) is 0 Å². The van der Waals surface area contributed by atoms with E-state index in [4.69, 9.17) is 4.74 Å². The molecule has 0 heterocycles. The van der Waals surface area contributed by atoms with Gasteiger partial charge in [-0.1, -0.05) is 12.6 Å². The van der Waals surface area contributed by atoms with Gasteiger partial charge in [0.05, 0.1) is 0 Å². The lowest BCUT2D eigenvalue weighted by molar-refractivity contribution is 0.347. The Kier molecular flexibility index (Phi) is 4.31. The molecule has 82 valence electrons. The molecule has 0 fully saturated rings. The van der Waals surface area contributed by atoms with Crippen molar-refractivity contribution in [1.82, 2.24) is 5.32 Å². The summed E-state index contributed by atoms with van der Waals surface area (Å²) in [6.07, 6.45) is 0. The van der Waals surface area contributed by atoms with E-state index in [-0.39, 0.29) is 5.82 Å². The van der Waals surface area contributed by atoms with E-state index in [1.165, 1.54) is 6.07 Å². The van der Waals surface area contributed by atoms with Gasteiger partial charge in [-0.15, -0.1) is 0 Å². The lowest BCUT2D eigenvalue weighted by Crippen LogP contribution is -2.14. The molecule has 0 unspecified atom stereocenters. The van der Waals surface area contributed by atoms with E-state index in [1.807, 2.05) is 7.05 Å². The van der Waals surface area contributed by atoms with Crippen LogP contribution < -0.4 is 10.1 Å². The van der Waals surface area contributed by atoms with Crippen LogP contribution in [0.15, 0.2) is 30.4 Å². The summed E-state index contributed by atoms with van der Waals surface area (Å²) in [5.74, 6) is 0.294. The number of halogens is 1. The van der Waals surface area contributed by atoms with Crippen molar-refractivity contribution in [3.63, 3.8) is 0 Å². The fraction of sp³-hybridized carbons (Fsp3) is 0.333. The number of nitrogens with one attached hydrogen (secondary N) is 1. The first kappa shape index (κ1) is 11.7.